The molecule has 2 aromatic rings. The predicted molar refractivity (Wildman–Crippen MR) is 84.6 cm³/mol. The van der Waals surface area contributed by atoms with E-state index in [2.05, 4.69) is 37.3 Å². The van der Waals surface area contributed by atoms with Gasteiger partial charge >= 0.3 is 0 Å². The first kappa shape index (κ1) is 15.1. The van der Waals surface area contributed by atoms with Crippen molar-refractivity contribution in [2.45, 2.75) is 19.4 Å². The van der Waals surface area contributed by atoms with Gasteiger partial charge in [0, 0.05) is 0 Å². The lowest BCUT2D eigenvalue weighted by molar-refractivity contribution is 0.547. The average molecular weight is 408 g/mol. The molecule has 0 aliphatic carbocycles. The number of nitrogens with two attached hydrogens (primary N) is 1. The summed E-state index contributed by atoms with van der Waals surface area (Å²) in [4.78, 5) is 0. The van der Waals surface area contributed by atoms with Gasteiger partial charge in [-0.2, -0.15) is 0 Å². The molecule has 102 valence electrons. The van der Waals surface area contributed by atoms with E-state index in [1.807, 2.05) is 13.0 Å². The summed E-state index contributed by atoms with van der Waals surface area (Å²) < 4.78 is 15.4. The lowest BCUT2D eigenvalue weighted by Crippen LogP contribution is -2.29. The Morgan fingerprint density at radius 3 is 2.68 bits per heavy atom. The molecule has 1 aromatic heterocycles. The van der Waals surface area contributed by atoms with Crippen molar-refractivity contribution in [3.63, 3.8) is 0 Å². The average Bonchev–Trinajstić information content (AvgIpc) is 2.69. The monoisotopic (exact) mass is 406 g/mol. The second-order valence-corrected chi connectivity index (χ2v) is 8.02. The van der Waals surface area contributed by atoms with Crippen LogP contribution in [0.5, 0.6) is 0 Å². The minimum atomic E-state index is -0.220. The van der Waals surface area contributed by atoms with Gasteiger partial charge in [0.15, 0.2) is 0 Å². The van der Waals surface area contributed by atoms with E-state index in [0.29, 0.717) is 6.42 Å². The summed E-state index contributed by atoms with van der Waals surface area (Å²) in [6.07, 6.45) is 0.641. The van der Waals surface area contributed by atoms with Gasteiger partial charge in [0.25, 0.3) is 0 Å². The Labute approximate surface area is 132 Å². The maximum absolute atomic E-state index is 13.3. The topological polar surface area (TPSA) is 38.0 Å². The number of thiophene rings is 1. The molecule has 1 unspecified atom stereocenters. The van der Waals surface area contributed by atoms with Crippen molar-refractivity contribution in [3.05, 3.63) is 54.3 Å². The lowest BCUT2D eigenvalue weighted by atomic mass is 9.98. The van der Waals surface area contributed by atoms with E-state index in [1.54, 1.807) is 23.5 Å². The maximum Gasteiger partial charge on any atom is 0.123 e. The van der Waals surface area contributed by atoms with E-state index >= 15 is 0 Å². The van der Waals surface area contributed by atoms with Crippen LogP contribution in [0.2, 0.25) is 0 Å². The molecule has 0 spiro atoms. The molecule has 0 radical (unpaired) electrons. The number of halogens is 3. The van der Waals surface area contributed by atoms with Crippen molar-refractivity contribution in [2.24, 2.45) is 5.84 Å². The van der Waals surface area contributed by atoms with Crippen molar-refractivity contribution in [1.29, 1.82) is 0 Å². The molecule has 19 heavy (non-hydrogen) atoms. The van der Waals surface area contributed by atoms with Gasteiger partial charge in [-0.1, -0.05) is 6.07 Å². The van der Waals surface area contributed by atoms with Crippen LogP contribution in [0.25, 0.3) is 0 Å². The van der Waals surface area contributed by atoms with Gasteiger partial charge in [0.1, 0.15) is 5.82 Å². The normalized spacial score (nSPS) is 12.7. The smallest absolute Gasteiger partial charge is 0.123 e. The molecule has 1 aromatic carbocycles. The SMILES string of the molecule is Cc1ccc(F)cc1CC(NN)c1cc(Br)sc1Br. The van der Waals surface area contributed by atoms with Gasteiger partial charge in [0.05, 0.1) is 13.6 Å². The second-order valence-electron chi connectivity index (χ2n) is 4.27. The number of hydrogen-bond acceptors (Lipinski definition) is 3. The summed E-state index contributed by atoms with van der Waals surface area (Å²) in [5, 5.41) is 0. The summed E-state index contributed by atoms with van der Waals surface area (Å²) >= 11 is 8.57. The number of hydrogen-bond donors (Lipinski definition) is 2. The second kappa shape index (κ2) is 6.45. The molecule has 0 bridgehead atoms. The number of hydrazine groups is 1. The van der Waals surface area contributed by atoms with Gasteiger partial charge in [-0.3, -0.25) is 11.3 Å². The highest BCUT2D eigenvalue weighted by Gasteiger charge is 2.17. The van der Waals surface area contributed by atoms with Crippen LogP contribution in [0.4, 0.5) is 4.39 Å². The van der Waals surface area contributed by atoms with E-state index in [1.165, 1.54) is 6.07 Å². The Morgan fingerprint density at radius 2 is 2.11 bits per heavy atom. The predicted octanol–water partition coefficient (Wildman–Crippen LogP) is 4.47. The van der Waals surface area contributed by atoms with Crippen LogP contribution in [0.15, 0.2) is 31.8 Å². The standard InChI is InChI=1S/C13H13Br2FN2S/c1-7-2-3-9(16)4-8(7)5-11(18-17)10-6-12(14)19-13(10)15/h2-4,6,11,18H,5,17H2,1H3. The van der Waals surface area contributed by atoms with Crippen LogP contribution < -0.4 is 11.3 Å². The van der Waals surface area contributed by atoms with Crippen LogP contribution in [-0.2, 0) is 6.42 Å². The van der Waals surface area contributed by atoms with Crippen LogP contribution in [-0.4, -0.2) is 0 Å². The minimum absolute atomic E-state index is 0.0579. The molecule has 0 saturated carbocycles. The third kappa shape index (κ3) is 3.64. The summed E-state index contributed by atoms with van der Waals surface area (Å²) in [7, 11) is 0. The number of aryl methyl sites for hydroxylation is 1. The first-order chi connectivity index (χ1) is 9.01. The minimum Gasteiger partial charge on any atom is -0.271 e. The summed E-state index contributed by atoms with van der Waals surface area (Å²) in [6, 6.07) is 6.79. The fraction of sp³-hybridized carbons (Fsp3) is 0.231. The quantitative estimate of drug-likeness (QED) is 0.579. The van der Waals surface area contributed by atoms with E-state index in [4.69, 9.17) is 5.84 Å². The molecule has 1 atom stereocenters. The van der Waals surface area contributed by atoms with Crippen molar-refractivity contribution in [3.8, 4) is 0 Å². The molecule has 0 aliphatic heterocycles. The van der Waals surface area contributed by atoms with Crippen LogP contribution in [0.1, 0.15) is 22.7 Å². The van der Waals surface area contributed by atoms with Crippen LogP contribution in [0.3, 0.4) is 0 Å². The van der Waals surface area contributed by atoms with E-state index in [9.17, 15) is 4.39 Å². The van der Waals surface area contributed by atoms with Gasteiger partial charge < -0.3 is 0 Å². The Morgan fingerprint density at radius 1 is 1.37 bits per heavy atom. The maximum atomic E-state index is 13.3. The molecule has 0 saturated heterocycles. The Balaban J connectivity index is 2.29. The summed E-state index contributed by atoms with van der Waals surface area (Å²) in [5.41, 5.74) is 5.89. The molecule has 0 amide bonds. The summed E-state index contributed by atoms with van der Waals surface area (Å²) in [6.45, 7) is 1.97. The van der Waals surface area contributed by atoms with Gasteiger partial charge in [-0.15, -0.1) is 11.3 Å². The first-order valence-corrected chi connectivity index (χ1v) is 8.07. The van der Waals surface area contributed by atoms with Crippen molar-refractivity contribution >= 4 is 43.2 Å². The first-order valence-electron chi connectivity index (χ1n) is 5.67. The van der Waals surface area contributed by atoms with Crippen LogP contribution >= 0.6 is 43.2 Å². The third-order valence-electron chi connectivity index (χ3n) is 2.99. The Bertz CT molecular complexity index is 586. The molecular formula is C13H13Br2FN2S. The number of benzene rings is 1. The van der Waals surface area contributed by atoms with Gasteiger partial charge in [-0.25, -0.2) is 4.39 Å². The fourth-order valence-corrected chi connectivity index (χ4v) is 4.90. The molecule has 3 N–H and O–H groups in total. The highest BCUT2D eigenvalue weighted by atomic mass is 79.9. The Hall–Kier alpha value is -0.270. The Kier molecular flexibility index (Phi) is 5.14. The van der Waals surface area contributed by atoms with Crippen molar-refractivity contribution in [1.82, 2.24) is 5.43 Å². The van der Waals surface area contributed by atoms with E-state index < -0.39 is 0 Å². The lowest BCUT2D eigenvalue weighted by Gasteiger charge is -2.17. The van der Waals surface area contributed by atoms with E-state index in [0.717, 1.165) is 24.3 Å². The zero-order chi connectivity index (χ0) is 14.0. The third-order valence-corrected chi connectivity index (χ3v) is 5.38. The highest BCUT2D eigenvalue weighted by Crippen LogP contribution is 2.36. The zero-order valence-corrected chi connectivity index (χ0v) is 14.2. The van der Waals surface area contributed by atoms with Gasteiger partial charge in [0.2, 0.25) is 0 Å². The fourth-order valence-electron chi connectivity index (χ4n) is 1.93. The molecule has 6 heteroatoms. The molecule has 2 nitrogen and oxygen atoms in total. The van der Waals surface area contributed by atoms with Crippen LogP contribution in [0, 0.1) is 12.7 Å². The molecule has 0 fully saturated rings. The molecule has 1 heterocycles. The van der Waals surface area contributed by atoms with Crippen molar-refractivity contribution < 1.29 is 4.39 Å². The van der Waals surface area contributed by atoms with Crippen molar-refractivity contribution in [2.75, 3.05) is 0 Å². The van der Waals surface area contributed by atoms with E-state index in [-0.39, 0.29) is 11.9 Å². The number of nitrogens with one attached hydrogen (secondary N) is 1. The number of rotatable bonds is 4. The molecule has 0 aliphatic rings. The summed E-state index contributed by atoms with van der Waals surface area (Å²) in [5.74, 6) is 5.42. The molecule has 2 rings (SSSR count). The highest BCUT2D eigenvalue weighted by molar-refractivity contribution is 9.12. The zero-order valence-electron chi connectivity index (χ0n) is 10.2. The largest absolute Gasteiger partial charge is 0.271 e. The molecular weight excluding hydrogens is 395 g/mol. The van der Waals surface area contributed by atoms with Gasteiger partial charge in [-0.05, 0) is 80.1 Å².